The van der Waals surface area contributed by atoms with Gasteiger partial charge in [-0.05, 0) is 129 Å². The number of carbonyl (C=O) groups is 1. The summed E-state index contributed by atoms with van der Waals surface area (Å²) in [7, 11) is 0. The van der Waals surface area contributed by atoms with Crippen LogP contribution in [0, 0.1) is 31.6 Å². The zero-order chi connectivity index (χ0) is 24.3. The van der Waals surface area contributed by atoms with Crippen LogP contribution in [0.25, 0.3) is 6.08 Å². The number of hydrogen-bond donors (Lipinski definition) is 0. The molecule has 4 aliphatic carbocycles. The smallest absolute Gasteiger partial charge is 0.270 e. The Morgan fingerprint density at radius 3 is 2.34 bits per heavy atom. The van der Waals surface area contributed by atoms with Crippen molar-refractivity contribution >= 4 is 46.0 Å². The minimum absolute atomic E-state index is 0.0501. The van der Waals surface area contributed by atoms with Crippen LogP contribution in [-0.2, 0) is 10.2 Å². The number of anilines is 1. The van der Waals surface area contributed by atoms with Gasteiger partial charge in [-0.15, -0.1) is 0 Å². The summed E-state index contributed by atoms with van der Waals surface area (Å²) in [6.07, 6.45) is 10.3. The molecule has 0 atom stereocenters. The Labute approximate surface area is 218 Å². The van der Waals surface area contributed by atoms with Crippen molar-refractivity contribution in [3.05, 3.63) is 63.6 Å². The minimum Gasteiger partial charge on any atom is -0.493 e. The van der Waals surface area contributed by atoms with Gasteiger partial charge in [-0.25, -0.2) is 0 Å². The molecule has 2 aromatic rings. The SMILES string of the molecule is CCOc1ccc(C23CC4CC(CC(C4)C2)C3)cc1/C=C1/SC(=S)N(c2ccc(C)c(C)c2)C1=O. The van der Waals surface area contributed by atoms with Gasteiger partial charge in [-0.2, -0.15) is 0 Å². The van der Waals surface area contributed by atoms with E-state index in [1.54, 1.807) is 4.90 Å². The minimum atomic E-state index is -0.0501. The van der Waals surface area contributed by atoms with Gasteiger partial charge in [0.25, 0.3) is 5.91 Å². The topological polar surface area (TPSA) is 29.5 Å². The van der Waals surface area contributed by atoms with Crippen LogP contribution in [0.1, 0.15) is 67.7 Å². The van der Waals surface area contributed by atoms with Gasteiger partial charge in [0.05, 0.1) is 17.2 Å². The highest BCUT2D eigenvalue weighted by Gasteiger charge is 2.51. The largest absolute Gasteiger partial charge is 0.493 e. The van der Waals surface area contributed by atoms with Gasteiger partial charge in [0.1, 0.15) is 5.75 Å². The highest BCUT2D eigenvalue weighted by Crippen LogP contribution is 2.61. The Bertz CT molecular complexity index is 1210. The first-order chi connectivity index (χ1) is 16.8. The van der Waals surface area contributed by atoms with Crippen LogP contribution in [0.4, 0.5) is 5.69 Å². The van der Waals surface area contributed by atoms with Gasteiger partial charge in [0.2, 0.25) is 0 Å². The normalized spacial score (nSPS) is 30.5. The lowest BCUT2D eigenvalue weighted by molar-refractivity contribution is -0.113. The molecule has 182 valence electrons. The Hall–Kier alpha value is -2.11. The molecule has 4 bridgehead atoms. The average Bonchev–Trinajstić information content (AvgIpc) is 3.09. The Kier molecular flexibility index (Phi) is 5.84. The van der Waals surface area contributed by atoms with Gasteiger partial charge in [-0.1, -0.05) is 36.1 Å². The van der Waals surface area contributed by atoms with E-state index < -0.39 is 0 Å². The van der Waals surface area contributed by atoms with Crippen molar-refractivity contribution in [2.24, 2.45) is 17.8 Å². The van der Waals surface area contributed by atoms with Crippen LogP contribution in [0.3, 0.4) is 0 Å². The van der Waals surface area contributed by atoms with Crippen molar-refractivity contribution in [1.82, 2.24) is 0 Å². The van der Waals surface area contributed by atoms with Crippen LogP contribution in [0.5, 0.6) is 5.75 Å². The molecule has 5 heteroatoms. The number of ether oxygens (including phenoxy) is 1. The maximum atomic E-state index is 13.5. The number of thioether (sulfide) groups is 1. The Morgan fingerprint density at radius 1 is 1.03 bits per heavy atom. The maximum absolute atomic E-state index is 13.5. The number of carbonyl (C=O) groups excluding carboxylic acids is 1. The van der Waals surface area contributed by atoms with Crippen molar-refractivity contribution in [1.29, 1.82) is 0 Å². The van der Waals surface area contributed by atoms with Crippen LogP contribution in [0.15, 0.2) is 41.3 Å². The van der Waals surface area contributed by atoms with Crippen molar-refractivity contribution in [2.75, 3.05) is 11.5 Å². The van der Waals surface area contributed by atoms with Crippen LogP contribution in [0.2, 0.25) is 0 Å². The zero-order valence-electron chi connectivity index (χ0n) is 20.8. The zero-order valence-corrected chi connectivity index (χ0v) is 22.4. The molecule has 7 rings (SSSR count). The molecule has 1 amide bonds. The predicted octanol–water partition coefficient (Wildman–Crippen LogP) is 7.58. The number of aryl methyl sites for hydroxylation is 2. The summed E-state index contributed by atoms with van der Waals surface area (Å²) >= 11 is 7.04. The average molecular weight is 504 g/mol. The van der Waals surface area contributed by atoms with E-state index in [4.69, 9.17) is 17.0 Å². The molecule has 0 unspecified atom stereocenters. The van der Waals surface area contributed by atoms with Crippen molar-refractivity contribution < 1.29 is 9.53 Å². The second-order valence-electron chi connectivity index (χ2n) is 11.2. The first-order valence-electron chi connectivity index (χ1n) is 13.0. The first-order valence-corrected chi connectivity index (χ1v) is 14.2. The fourth-order valence-corrected chi connectivity index (χ4v) is 8.73. The molecule has 3 nitrogen and oxygen atoms in total. The lowest BCUT2D eigenvalue weighted by Crippen LogP contribution is -2.48. The second kappa shape index (κ2) is 8.77. The molecule has 0 aromatic heterocycles. The molecular formula is C30H33NO2S2. The molecule has 1 aliphatic heterocycles. The molecule has 0 radical (unpaired) electrons. The molecule has 4 saturated carbocycles. The molecule has 5 aliphatic rings. The number of nitrogens with zero attached hydrogens (tertiary/aromatic N) is 1. The molecule has 0 N–H and O–H groups in total. The number of rotatable bonds is 5. The Balaban J connectivity index is 1.36. The van der Waals surface area contributed by atoms with E-state index in [0.717, 1.165) is 40.3 Å². The van der Waals surface area contributed by atoms with Gasteiger partial charge < -0.3 is 4.74 Å². The van der Waals surface area contributed by atoms with E-state index in [2.05, 4.69) is 38.1 Å². The lowest BCUT2D eigenvalue weighted by Gasteiger charge is -2.57. The van der Waals surface area contributed by atoms with Gasteiger partial charge in [0.15, 0.2) is 4.32 Å². The number of thiocarbonyl (C=S) groups is 1. The van der Waals surface area contributed by atoms with Crippen LogP contribution < -0.4 is 9.64 Å². The van der Waals surface area contributed by atoms with Crippen molar-refractivity contribution in [3.63, 3.8) is 0 Å². The maximum Gasteiger partial charge on any atom is 0.270 e. The standard InChI is InChI=1S/C30H33NO2S2/c1-4-33-26-8-6-24(30-15-20-10-21(16-30)12-22(11-20)17-30)13-23(26)14-27-28(32)31(29(34)35-27)25-7-5-18(2)19(3)9-25/h5-9,13-14,20-22H,4,10-12,15-17H2,1-3H3/b27-14+. The summed E-state index contributed by atoms with van der Waals surface area (Å²) in [5, 5.41) is 0. The van der Waals surface area contributed by atoms with Crippen LogP contribution >= 0.6 is 24.0 Å². The lowest BCUT2D eigenvalue weighted by atomic mass is 9.48. The molecule has 2 aromatic carbocycles. The highest BCUT2D eigenvalue weighted by atomic mass is 32.2. The number of hydrogen-bond acceptors (Lipinski definition) is 4. The van der Waals surface area contributed by atoms with Gasteiger partial charge >= 0.3 is 0 Å². The fraction of sp³-hybridized carbons (Fsp3) is 0.467. The van der Waals surface area contributed by atoms with E-state index in [1.807, 2.05) is 25.1 Å². The van der Waals surface area contributed by atoms with Crippen molar-refractivity contribution in [2.45, 2.75) is 64.7 Å². The Morgan fingerprint density at radius 2 is 1.71 bits per heavy atom. The first kappa shape index (κ1) is 23.3. The fourth-order valence-electron chi connectivity index (χ4n) is 7.44. The van der Waals surface area contributed by atoms with E-state index in [9.17, 15) is 4.79 Å². The number of amides is 1. The van der Waals surface area contributed by atoms with E-state index >= 15 is 0 Å². The molecule has 1 heterocycles. The monoisotopic (exact) mass is 503 g/mol. The molecule has 35 heavy (non-hydrogen) atoms. The molecule has 0 spiro atoms. The molecule has 1 saturated heterocycles. The summed E-state index contributed by atoms with van der Waals surface area (Å²) in [4.78, 5) is 15.8. The molecule has 5 fully saturated rings. The highest BCUT2D eigenvalue weighted by molar-refractivity contribution is 8.27. The van der Waals surface area contributed by atoms with Gasteiger partial charge in [0, 0.05) is 5.56 Å². The predicted molar refractivity (Wildman–Crippen MR) is 149 cm³/mol. The van der Waals surface area contributed by atoms with E-state index in [1.165, 1.54) is 61.4 Å². The van der Waals surface area contributed by atoms with E-state index in [-0.39, 0.29) is 5.91 Å². The van der Waals surface area contributed by atoms with Gasteiger partial charge in [-0.3, -0.25) is 9.69 Å². The number of benzene rings is 2. The summed E-state index contributed by atoms with van der Waals surface area (Å²) in [5.74, 6) is 3.48. The summed E-state index contributed by atoms with van der Waals surface area (Å²) in [6.45, 7) is 6.75. The summed E-state index contributed by atoms with van der Waals surface area (Å²) < 4.78 is 6.60. The third-order valence-electron chi connectivity index (χ3n) is 8.79. The van der Waals surface area contributed by atoms with Crippen molar-refractivity contribution in [3.8, 4) is 5.75 Å². The van der Waals surface area contributed by atoms with E-state index in [0.29, 0.717) is 21.2 Å². The second-order valence-corrected chi connectivity index (χ2v) is 12.8. The third kappa shape index (κ3) is 4.05. The van der Waals surface area contributed by atoms with Crippen LogP contribution in [-0.4, -0.2) is 16.8 Å². The summed E-state index contributed by atoms with van der Waals surface area (Å²) in [5.41, 5.74) is 5.95. The third-order valence-corrected chi connectivity index (χ3v) is 10.1. The summed E-state index contributed by atoms with van der Waals surface area (Å²) in [6, 6.07) is 12.8. The quantitative estimate of drug-likeness (QED) is 0.311. The molecular weight excluding hydrogens is 470 g/mol.